The first-order valence-corrected chi connectivity index (χ1v) is 20.5. The Labute approximate surface area is 311 Å². The van der Waals surface area contributed by atoms with Gasteiger partial charge in [-0.3, -0.25) is 19.4 Å². The molecular formula is C41H44N4O6S2. The van der Waals surface area contributed by atoms with E-state index in [-0.39, 0.29) is 9.79 Å². The van der Waals surface area contributed by atoms with E-state index in [4.69, 9.17) is 19.4 Å². The molecule has 0 unspecified atom stereocenters. The lowest BCUT2D eigenvalue weighted by Crippen LogP contribution is -2.13. The number of ether oxygens (including phenoxy) is 2. The van der Waals surface area contributed by atoms with E-state index in [0.29, 0.717) is 33.9 Å². The van der Waals surface area contributed by atoms with Gasteiger partial charge in [0.25, 0.3) is 20.0 Å². The van der Waals surface area contributed by atoms with Gasteiger partial charge in [0.2, 0.25) is 0 Å². The average Bonchev–Trinajstić information content (AvgIpc) is 3.14. The summed E-state index contributed by atoms with van der Waals surface area (Å²) in [7, 11) is -4.56. The normalized spacial score (nSPS) is 11.8. The van der Waals surface area contributed by atoms with Gasteiger partial charge in [0.1, 0.15) is 11.5 Å². The zero-order valence-electron chi connectivity index (χ0n) is 30.3. The van der Waals surface area contributed by atoms with E-state index >= 15 is 0 Å². The van der Waals surface area contributed by atoms with E-state index in [0.717, 1.165) is 78.2 Å². The summed E-state index contributed by atoms with van der Waals surface area (Å²) in [6, 6.07) is 28.3. The lowest BCUT2D eigenvalue weighted by Gasteiger charge is -2.13. The third-order valence-electron chi connectivity index (χ3n) is 9.14. The predicted octanol–water partition coefficient (Wildman–Crippen LogP) is 8.75. The SMILES string of the molecule is COc1cc(NS(=O)(=O)c2ccc(C)cc2)c2nc(CCCCCCCc3ccc4cc(OC)cc(NS(=O)(=O)c5ccc(C)cc5)c4n3)ccc2c1. The van der Waals surface area contributed by atoms with Gasteiger partial charge in [0.15, 0.2) is 0 Å². The summed E-state index contributed by atoms with van der Waals surface area (Å²) in [5.41, 5.74) is 5.64. The van der Waals surface area contributed by atoms with E-state index < -0.39 is 20.0 Å². The van der Waals surface area contributed by atoms with Gasteiger partial charge in [-0.1, -0.05) is 66.8 Å². The number of rotatable bonds is 16. The molecule has 0 aliphatic rings. The number of nitrogens with one attached hydrogen (secondary N) is 2. The Bertz CT molecular complexity index is 2280. The van der Waals surface area contributed by atoms with E-state index in [1.807, 2.05) is 50.2 Å². The van der Waals surface area contributed by atoms with Crippen molar-refractivity contribution in [3.63, 3.8) is 0 Å². The van der Waals surface area contributed by atoms with Gasteiger partial charge in [0, 0.05) is 34.3 Å². The van der Waals surface area contributed by atoms with Crippen molar-refractivity contribution < 1.29 is 26.3 Å². The van der Waals surface area contributed by atoms with Crippen molar-refractivity contribution in [2.75, 3.05) is 23.7 Å². The molecule has 0 saturated carbocycles. The number of unbranched alkanes of at least 4 members (excludes halogenated alkanes) is 4. The van der Waals surface area contributed by atoms with Crippen LogP contribution in [0.2, 0.25) is 0 Å². The molecule has 0 radical (unpaired) electrons. The van der Waals surface area contributed by atoms with Crippen LogP contribution in [0, 0.1) is 13.8 Å². The van der Waals surface area contributed by atoms with E-state index in [1.54, 1.807) is 74.9 Å². The number of sulfonamides is 2. The molecule has 6 rings (SSSR count). The van der Waals surface area contributed by atoms with Crippen LogP contribution in [-0.2, 0) is 32.9 Å². The molecular weight excluding hydrogens is 709 g/mol. The van der Waals surface area contributed by atoms with Crippen LogP contribution in [0.25, 0.3) is 21.8 Å². The summed E-state index contributed by atoms with van der Waals surface area (Å²) in [5, 5.41) is 1.57. The Kier molecular flexibility index (Phi) is 11.5. The van der Waals surface area contributed by atoms with Gasteiger partial charge >= 0.3 is 0 Å². The molecule has 0 spiro atoms. The van der Waals surface area contributed by atoms with Crippen molar-refractivity contribution in [2.24, 2.45) is 0 Å². The van der Waals surface area contributed by atoms with Crippen molar-refractivity contribution >= 4 is 53.2 Å². The highest BCUT2D eigenvalue weighted by molar-refractivity contribution is 7.93. The highest BCUT2D eigenvalue weighted by Crippen LogP contribution is 2.32. The molecule has 4 aromatic carbocycles. The number of aryl methyl sites for hydroxylation is 4. The molecule has 2 aromatic heterocycles. The second kappa shape index (κ2) is 16.2. The lowest BCUT2D eigenvalue weighted by molar-refractivity contribution is 0.415. The molecule has 0 amide bonds. The number of hydrogen-bond donors (Lipinski definition) is 2. The minimum Gasteiger partial charge on any atom is -0.497 e. The number of nitrogens with zero attached hydrogens (tertiary/aromatic N) is 2. The average molecular weight is 753 g/mol. The molecule has 53 heavy (non-hydrogen) atoms. The van der Waals surface area contributed by atoms with Crippen molar-refractivity contribution in [1.29, 1.82) is 0 Å². The van der Waals surface area contributed by atoms with Crippen LogP contribution in [0.15, 0.2) is 107 Å². The van der Waals surface area contributed by atoms with Crippen LogP contribution < -0.4 is 18.9 Å². The fraction of sp³-hybridized carbons (Fsp3) is 0.268. The van der Waals surface area contributed by atoms with Gasteiger partial charge < -0.3 is 9.47 Å². The first-order valence-electron chi connectivity index (χ1n) is 17.6. The number of hydrogen-bond acceptors (Lipinski definition) is 8. The first-order chi connectivity index (χ1) is 25.4. The Hall–Kier alpha value is -5.20. The molecule has 0 atom stereocenters. The summed E-state index contributed by atoms with van der Waals surface area (Å²) in [6.45, 7) is 3.82. The fourth-order valence-corrected chi connectivity index (χ4v) is 8.27. The van der Waals surface area contributed by atoms with Crippen LogP contribution in [0.3, 0.4) is 0 Å². The number of benzene rings is 4. The summed E-state index contributed by atoms with van der Waals surface area (Å²) < 4.78 is 69.2. The molecule has 6 aromatic rings. The van der Waals surface area contributed by atoms with E-state index in [1.165, 1.54) is 0 Å². The molecule has 276 valence electrons. The maximum atomic E-state index is 13.2. The second-order valence-electron chi connectivity index (χ2n) is 13.2. The minimum absolute atomic E-state index is 0.179. The van der Waals surface area contributed by atoms with E-state index in [2.05, 4.69) is 9.44 Å². The third kappa shape index (κ3) is 9.24. The van der Waals surface area contributed by atoms with Gasteiger partial charge in [-0.05, 0) is 88.1 Å². The van der Waals surface area contributed by atoms with Crippen molar-refractivity contribution in [2.45, 2.75) is 68.6 Å². The molecule has 10 nitrogen and oxygen atoms in total. The zero-order valence-corrected chi connectivity index (χ0v) is 32.0. The number of aromatic nitrogens is 2. The maximum absolute atomic E-state index is 13.2. The largest absolute Gasteiger partial charge is 0.497 e. The Morgan fingerprint density at radius 3 is 1.26 bits per heavy atom. The molecule has 0 fully saturated rings. The Morgan fingerprint density at radius 2 is 0.887 bits per heavy atom. The number of pyridine rings is 2. The molecule has 0 saturated heterocycles. The Balaban J connectivity index is 1.05. The third-order valence-corrected chi connectivity index (χ3v) is 11.9. The van der Waals surface area contributed by atoms with Crippen molar-refractivity contribution in [1.82, 2.24) is 9.97 Å². The lowest BCUT2D eigenvalue weighted by atomic mass is 10.1. The van der Waals surface area contributed by atoms with Gasteiger partial charge in [-0.15, -0.1) is 0 Å². The summed E-state index contributed by atoms with van der Waals surface area (Å²) >= 11 is 0. The highest BCUT2D eigenvalue weighted by Gasteiger charge is 2.19. The van der Waals surface area contributed by atoms with Crippen molar-refractivity contribution in [3.8, 4) is 11.5 Å². The minimum atomic E-state index is -3.83. The van der Waals surface area contributed by atoms with Crippen LogP contribution in [0.4, 0.5) is 11.4 Å². The fourth-order valence-electron chi connectivity index (χ4n) is 6.15. The van der Waals surface area contributed by atoms with Crippen LogP contribution in [0.5, 0.6) is 11.5 Å². The maximum Gasteiger partial charge on any atom is 0.261 e. The van der Waals surface area contributed by atoms with Crippen LogP contribution in [0.1, 0.15) is 54.6 Å². The number of anilines is 2. The smallest absolute Gasteiger partial charge is 0.261 e. The zero-order chi connectivity index (χ0) is 37.6. The topological polar surface area (TPSA) is 137 Å². The first kappa shape index (κ1) is 37.6. The number of fused-ring (bicyclic) bond motifs is 2. The molecule has 0 aliphatic carbocycles. The molecule has 12 heteroatoms. The molecule has 2 heterocycles. The quantitative estimate of drug-likeness (QED) is 0.0937. The summed E-state index contributed by atoms with van der Waals surface area (Å²) in [6.07, 6.45) is 6.50. The summed E-state index contributed by atoms with van der Waals surface area (Å²) in [5.74, 6) is 1.08. The van der Waals surface area contributed by atoms with Gasteiger partial charge in [-0.25, -0.2) is 16.8 Å². The summed E-state index contributed by atoms with van der Waals surface area (Å²) in [4.78, 5) is 10.1. The molecule has 0 aliphatic heterocycles. The monoisotopic (exact) mass is 752 g/mol. The standard InChI is InChI=1S/C41H44N4O6S2/c1-28-12-20-36(21-13-28)52(46,47)44-38-26-34(50-3)24-30-16-18-32(42-40(30)38)10-8-6-5-7-9-11-33-19-17-31-25-35(51-4)27-39(41(31)43-33)45-53(48,49)37-22-14-29(2)15-23-37/h12-27,44-45H,5-11H2,1-4H3. The highest BCUT2D eigenvalue weighted by atomic mass is 32.2. The van der Waals surface area contributed by atoms with Gasteiger partial charge in [0.05, 0.1) is 46.4 Å². The predicted molar refractivity (Wildman–Crippen MR) is 211 cm³/mol. The van der Waals surface area contributed by atoms with Crippen LogP contribution >= 0.6 is 0 Å². The Morgan fingerprint density at radius 1 is 0.509 bits per heavy atom. The van der Waals surface area contributed by atoms with Crippen LogP contribution in [-0.4, -0.2) is 41.0 Å². The number of methoxy groups -OCH3 is 2. The van der Waals surface area contributed by atoms with Crippen molar-refractivity contribution in [3.05, 3.63) is 120 Å². The second-order valence-corrected chi connectivity index (χ2v) is 16.6. The molecule has 2 N–H and O–H groups in total. The molecule has 0 bridgehead atoms. The van der Waals surface area contributed by atoms with E-state index in [9.17, 15) is 16.8 Å². The van der Waals surface area contributed by atoms with Gasteiger partial charge in [-0.2, -0.15) is 0 Å².